The number of hydrogen-bond acceptors (Lipinski definition) is 5. The number of carbonyl (C=O) groups excluding carboxylic acids is 2. The number of rotatable bonds is 13. The summed E-state index contributed by atoms with van der Waals surface area (Å²) in [6, 6.07) is 6.71. The van der Waals surface area contributed by atoms with E-state index in [-0.39, 0.29) is 18.8 Å². The van der Waals surface area contributed by atoms with E-state index in [0.717, 1.165) is 12.8 Å². The van der Waals surface area contributed by atoms with Crippen molar-refractivity contribution in [2.24, 2.45) is 0 Å². The minimum absolute atomic E-state index is 0.0158. The van der Waals surface area contributed by atoms with Gasteiger partial charge < -0.3 is 14.2 Å². The summed E-state index contributed by atoms with van der Waals surface area (Å²) in [7, 11) is 1.57. The number of hydrogen-bond donors (Lipinski definition) is 0. The Morgan fingerprint density at radius 3 is 2.00 bits per heavy atom. The van der Waals surface area contributed by atoms with Crippen LogP contribution in [0.1, 0.15) is 64.7 Å². The zero-order valence-electron chi connectivity index (χ0n) is 15.4. The maximum atomic E-state index is 11.7. The van der Waals surface area contributed by atoms with Crippen molar-refractivity contribution in [3.63, 3.8) is 0 Å². The van der Waals surface area contributed by atoms with Crippen molar-refractivity contribution in [1.82, 2.24) is 0 Å². The number of esters is 2. The van der Waals surface area contributed by atoms with Crippen LogP contribution in [-0.4, -0.2) is 25.7 Å². The molecular formula is C20H30O5. The second-order valence-electron chi connectivity index (χ2n) is 5.99. The Morgan fingerprint density at radius 2 is 1.36 bits per heavy atom. The lowest BCUT2D eigenvalue weighted by Crippen LogP contribution is -2.12. The van der Waals surface area contributed by atoms with Gasteiger partial charge in [0.15, 0.2) is 0 Å². The number of ether oxygens (including phenoxy) is 3. The first-order chi connectivity index (χ1) is 12.2. The van der Waals surface area contributed by atoms with Gasteiger partial charge in [-0.3, -0.25) is 9.59 Å². The molecule has 0 saturated heterocycles. The maximum Gasteiger partial charge on any atom is 0.311 e. The lowest BCUT2D eigenvalue weighted by Gasteiger charge is -2.06. The number of carbonyl (C=O) groups is 2. The van der Waals surface area contributed by atoms with Crippen molar-refractivity contribution in [2.45, 2.75) is 64.7 Å². The highest BCUT2D eigenvalue weighted by Gasteiger charge is 2.10. The monoisotopic (exact) mass is 350 g/mol. The Kier molecular flexibility index (Phi) is 11.2. The van der Waals surface area contributed by atoms with Gasteiger partial charge in [0.2, 0.25) is 0 Å². The van der Waals surface area contributed by atoms with Crippen molar-refractivity contribution >= 4 is 11.9 Å². The zero-order valence-corrected chi connectivity index (χ0v) is 15.4. The summed E-state index contributed by atoms with van der Waals surface area (Å²) >= 11 is 0. The first kappa shape index (κ1) is 21.0. The molecule has 1 rings (SSSR count). The van der Waals surface area contributed by atoms with E-state index in [2.05, 4.69) is 6.92 Å². The van der Waals surface area contributed by atoms with Crippen molar-refractivity contribution in [3.05, 3.63) is 24.3 Å². The average Bonchev–Trinajstić information content (AvgIpc) is 2.63. The highest BCUT2D eigenvalue weighted by molar-refractivity contribution is 5.79. The first-order valence-electron chi connectivity index (χ1n) is 9.16. The molecule has 5 heteroatoms. The van der Waals surface area contributed by atoms with Crippen LogP contribution in [0.3, 0.4) is 0 Å². The minimum Gasteiger partial charge on any atom is -0.497 e. The van der Waals surface area contributed by atoms with E-state index in [0.29, 0.717) is 18.1 Å². The molecule has 0 bridgehead atoms. The van der Waals surface area contributed by atoms with Crippen LogP contribution in [0.4, 0.5) is 0 Å². The Hall–Kier alpha value is -2.04. The van der Waals surface area contributed by atoms with Crippen LogP contribution in [0, 0.1) is 0 Å². The molecule has 0 N–H and O–H groups in total. The van der Waals surface area contributed by atoms with E-state index in [9.17, 15) is 9.59 Å². The van der Waals surface area contributed by atoms with Gasteiger partial charge in [-0.05, 0) is 30.7 Å². The molecule has 25 heavy (non-hydrogen) atoms. The molecule has 0 aromatic heterocycles. The molecule has 0 fully saturated rings. The largest absolute Gasteiger partial charge is 0.497 e. The standard InChI is InChI=1S/C20H30O5/c1-3-4-5-6-7-8-9-16-24-19(21)14-15-20(22)25-18-12-10-17(23-2)11-13-18/h10-13H,3-9,14-16H2,1-2H3. The van der Waals surface area contributed by atoms with Crippen molar-refractivity contribution < 1.29 is 23.8 Å². The first-order valence-corrected chi connectivity index (χ1v) is 9.16. The van der Waals surface area contributed by atoms with Gasteiger partial charge in [0, 0.05) is 0 Å². The third kappa shape index (κ3) is 10.4. The minimum atomic E-state index is -0.446. The van der Waals surface area contributed by atoms with Gasteiger partial charge in [-0.25, -0.2) is 0 Å². The predicted molar refractivity (Wildman–Crippen MR) is 96.8 cm³/mol. The van der Waals surface area contributed by atoms with Crippen molar-refractivity contribution in [3.8, 4) is 11.5 Å². The molecule has 1 aromatic rings. The summed E-state index contributed by atoms with van der Waals surface area (Å²) in [4.78, 5) is 23.3. The van der Waals surface area contributed by atoms with Crippen LogP contribution in [0.5, 0.6) is 11.5 Å². The molecule has 0 radical (unpaired) electrons. The number of unbranched alkanes of at least 4 members (excludes halogenated alkanes) is 6. The van der Waals surface area contributed by atoms with Gasteiger partial charge in [-0.1, -0.05) is 45.4 Å². The van der Waals surface area contributed by atoms with Crippen LogP contribution in [-0.2, 0) is 14.3 Å². The topological polar surface area (TPSA) is 61.8 Å². The van der Waals surface area contributed by atoms with Gasteiger partial charge in [0.25, 0.3) is 0 Å². The molecule has 0 aliphatic carbocycles. The Bertz CT molecular complexity index is 495. The second-order valence-corrected chi connectivity index (χ2v) is 5.99. The summed E-state index contributed by atoms with van der Waals surface area (Å²) < 4.78 is 15.3. The lowest BCUT2D eigenvalue weighted by atomic mass is 10.1. The molecule has 0 aliphatic heterocycles. The van der Waals surface area contributed by atoms with Gasteiger partial charge in [-0.2, -0.15) is 0 Å². The van der Waals surface area contributed by atoms with E-state index in [1.54, 1.807) is 31.4 Å². The Morgan fingerprint density at radius 1 is 0.800 bits per heavy atom. The molecule has 140 valence electrons. The fourth-order valence-corrected chi connectivity index (χ4v) is 2.35. The summed E-state index contributed by atoms with van der Waals surface area (Å²) in [5.74, 6) is 0.326. The molecule has 0 amide bonds. The average molecular weight is 350 g/mol. The highest BCUT2D eigenvalue weighted by Crippen LogP contribution is 2.17. The molecule has 0 aliphatic rings. The van der Waals surface area contributed by atoms with Crippen molar-refractivity contribution in [1.29, 1.82) is 0 Å². The molecular weight excluding hydrogens is 320 g/mol. The highest BCUT2D eigenvalue weighted by atomic mass is 16.5. The van der Waals surface area contributed by atoms with E-state index in [1.807, 2.05) is 0 Å². The fourth-order valence-electron chi connectivity index (χ4n) is 2.35. The van der Waals surface area contributed by atoms with E-state index < -0.39 is 5.97 Å². The van der Waals surface area contributed by atoms with E-state index in [4.69, 9.17) is 14.2 Å². The zero-order chi connectivity index (χ0) is 18.3. The summed E-state index contributed by atoms with van der Waals surface area (Å²) in [6.07, 6.45) is 8.29. The Labute approximate surface area is 150 Å². The molecule has 0 unspecified atom stereocenters. The molecule has 0 saturated carbocycles. The summed E-state index contributed by atoms with van der Waals surface area (Å²) in [5, 5.41) is 0. The number of benzene rings is 1. The van der Waals surface area contributed by atoms with Gasteiger partial charge >= 0.3 is 11.9 Å². The van der Waals surface area contributed by atoms with Crippen LogP contribution in [0.25, 0.3) is 0 Å². The van der Waals surface area contributed by atoms with Crippen molar-refractivity contribution in [2.75, 3.05) is 13.7 Å². The third-order valence-corrected chi connectivity index (χ3v) is 3.84. The maximum absolute atomic E-state index is 11.7. The molecule has 0 atom stereocenters. The quantitative estimate of drug-likeness (QED) is 0.294. The number of methoxy groups -OCH3 is 1. The third-order valence-electron chi connectivity index (χ3n) is 3.84. The molecule has 0 spiro atoms. The van der Waals surface area contributed by atoms with E-state index >= 15 is 0 Å². The summed E-state index contributed by atoms with van der Waals surface area (Å²) in [6.45, 7) is 2.63. The fraction of sp³-hybridized carbons (Fsp3) is 0.600. The van der Waals surface area contributed by atoms with Crippen LogP contribution in [0.2, 0.25) is 0 Å². The van der Waals surface area contributed by atoms with Gasteiger partial charge in [0.1, 0.15) is 11.5 Å². The normalized spacial score (nSPS) is 10.3. The van der Waals surface area contributed by atoms with Gasteiger partial charge in [0.05, 0.1) is 26.6 Å². The van der Waals surface area contributed by atoms with E-state index in [1.165, 1.54) is 32.1 Å². The molecule has 1 aromatic carbocycles. The van der Waals surface area contributed by atoms with Crippen LogP contribution >= 0.6 is 0 Å². The van der Waals surface area contributed by atoms with Crippen LogP contribution < -0.4 is 9.47 Å². The molecule has 0 heterocycles. The van der Waals surface area contributed by atoms with Crippen LogP contribution in [0.15, 0.2) is 24.3 Å². The smallest absolute Gasteiger partial charge is 0.311 e. The summed E-state index contributed by atoms with van der Waals surface area (Å²) in [5.41, 5.74) is 0. The predicted octanol–water partition coefficient (Wildman–Crippen LogP) is 4.67. The molecule has 5 nitrogen and oxygen atoms in total. The SMILES string of the molecule is CCCCCCCCCOC(=O)CCC(=O)Oc1ccc(OC)cc1. The Balaban J connectivity index is 2.05. The van der Waals surface area contributed by atoms with Gasteiger partial charge in [-0.15, -0.1) is 0 Å². The second kappa shape index (κ2) is 13.3. The lowest BCUT2D eigenvalue weighted by molar-refractivity contribution is -0.147.